The standard InChI is InChI=1S/C19H21FN4O2/c1-2-15(25-19-22-6-3-7-23-19)18-17-14(12-4-8-21-9-5-12)10-13(20)11-16(17)26-24-18/h3,6-7,10-12,15,21H,2,4-5,8-9H2,1H3. The van der Waals surface area contributed by atoms with Gasteiger partial charge in [0.15, 0.2) is 5.58 Å². The Bertz CT molecular complexity index is 878. The molecular formula is C19H21FN4O2. The fraction of sp³-hybridized carbons (Fsp3) is 0.421. The predicted octanol–water partition coefficient (Wildman–Crippen LogP) is 3.75. The third-order valence-corrected chi connectivity index (χ3v) is 4.84. The molecule has 26 heavy (non-hydrogen) atoms. The summed E-state index contributed by atoms with van der Waals surface area (Å²) in [7, 11) is 0. The van der Waals surface area contributed by atoms with Gasteiger partial charge in [0.1, 0.15) is 17.6 Å². The number of hydrogen-bond donors (Lipinski definition) is 1. The fourth-order valence-electron chi connectivity index (χ4n) is 3.57. The Hall–Kier alpha value is -2.54. The lowest BCUT2D eigenvalue weighted by Crippen LogP contribution is -2.26. The highest BCUT2D eigenvalue weighted by molar-refractivity contribution is 5.84. The van der Waals surface area contributed by atoms with Crippen LogP contribution in [0.15, 0.2) is 35.1 Å². The Kier molecular flexibility index (Phi) is 4.79. The van der Waals surface area contributed by atoms with Crippen LogP contribution in [-0.4, -0.2) is 28.2 Å². The highest BCUT2D eigenvalue weighted by Crippen LogP contribution is 2.37. The van der Waals surface area contributed by atoms with Crippen molar-refractivity contribution in [3.05, 3.63) is 47.7 Å². The van der Waals surface area contributed by atoms with E-state index in [4.69, 9.17) is 9.26 Å². The van der Waals surface area contributed by atoms with Gasteiger partial charge in [-0.25, -0.2) is 14.4 Å². The molecule has 1 aliphatic heterocycles. The molecular weight excluding hydrogens is 335 g/mol. The molecule has 0 amide bonds. The highest BCUT2D eigenvalue weighted by atomic mass is 19.1. The molecule has 2 aromatic heterocycles. The summed E-state index contributed by atoms with van der Waals surface area (Å²) in [6.45, 7) is 3.85. The first-order chi connectivity index (χ1) is 12.8. The number of piperidine rings is 1. The molecule has 0 aliphatic carbocycles. The van der Waals surface area contributed by atoms with Crippen molar-refractivity contribution in [2.75, 3.05) is 13.1 Å². The minimum Gasteiger partial charge on any atom is -0.453 e. The molecule has 1 atom stereocenters. The lowest BCUT2D eigenvalue weighted by molar-refractivity contribution is 0.175. The van der Waals surface area contributed by atoms with Gasteiger partial charge >= 0.3 is 6.01 Å². The largest absolute Gasteiger partial charge is 0.453 e. The summed E-state index contributed by atoms with van der Waals surface area (Å²) in [4.78, 5) is 8.25. The smallest absolute Gasteiger partial charge is 0.316 e. The average Bonchev–Trinajstić information content (AvgIpc) is 3.10. The number of nitrogens with one attached hydrogen (secondary N) is 1. The van der Waals surface area contributed by atoms with Gasteiger partial charge in [0.05, 0.1) is 5.39 Å². The molecule has 7 heteroatoms. The number of ether oxygens (including phenoxy) is 1. The first kappa shape index (κ1) is 16.9. The Morgan fingerprint density at radius 3 is 2.77 bits per heavy atom. The molecule has 136 valence electrons. The van der Waals surface area contributed by atoms with Gasteiger partial charge in [-0.05, 0) is 56.0 Å². The molecule has 0 radical (unpaired) electrons. The van der Waals surface area contributed by atoms with Gasteiger partial charge in [-0.2, -0.15) is 0 Å². The molecule has 1 aliphatic rings. The van der Waals surface area contributed by atoms with E-state index in [2.05, 4.69) is 20.4 Å². The van der Waals surface area contributed by atoms with Crippen LogP contribution in [0.5, 0.6) is 6.01 Å². The van der Waals surface area contributed by atoms with Crippen LogP contribution in [-0.2, 0) is 0 Å². The van der Waals surface area contributed by atoms with Crippen molar-refractivity contribution in [3.8, 4) is 6.01 Å². The zero-order valence-corrected chi connectivity index (χ0v) is 14.6. The van der Waals surface area contributed by atoms with E-state index in [9.17, 15) is 4.39 Å². The molecule has 3 aromatic rings. The average molecular weight is 356 g/mol. The zero-order valence-electron chi connectivity index (χ0n) is 14.6. The summed E-state index contributed by atoms with van der Waals surface area (Å²) < 4.78 is 25.5. The van der Waals surface area contributed by atoms with E-state index in [-0.39, 0.29) is 17.8 Å². The van der Waals surface area contributed by atoms with E-state index < -0.39 is 0 Å². The molecule has 1 N–H and O–H groups in total. The van der Waals surface area contributed by atoms with Crippen LogP contribution in [0.1, 0.15) is 49.5 Å². The molecule has 0 saturated carbocycles. The van der Waals surface area contributed by atoms with Gasteiger partial charge < -0.3 is 14.6 Å². The summed E-state index contributed by atoms with van der Waals surface area (Å²) in [5.41, 5.74) is 2.10. The van der Waals surface area contributed by atoms with Gasteiger partial charge in [-0.1, -0.05) is 12.1 Å². The van der Waals surface area contributed by atoms with Crippen molar-refractivity contribution in [1.82, 2.24) is 20.4 Å². The van der Waals surface area contributed by atoms with Crippen molar-refractivity contribution in [3.63, 3.8) is 0 Å². The Morgan fingerprint density at radius 2 is 2.04 bits per heavy atom. The molecule has 6 nitrogen and oxygen atoms in total. The lowest BCUT2D eigenvalue weighted by atomic mass is 9.87. The molecule has 1 saturated heterocycles. The zero-order chi connectivity index (χ0) is 17.9. The van der Waals surface area contributed by atoms with E-state index in [1.165, 1.54) is 6.07 Å². The second-order valence-corrected chi connectivity index (χ2v) is 6.51. The van der Waals surface area contributed by atoms with Crippen molar-refractivity contribution < 1.29 is 13.7 Å². The molecule has 1 unspecified atom stereocenters. The van der Waals surface area contributed by atoms with E-state index in [1.54, 1.807) is 24.5 Å². The number of aromatic nitrogens is 3. The Morgan fingerprint density at radius 1 is 1.27 bits per heavy atom. The van der Waals surface area contributed by atoms with Gasteiger partial charge in [0.2, 0.25) is 0 Å². The first-order valence-electron chi connectivity index (χ1n) is 8.99. The molecule has 1 fully saturated rings. The van der Waals surface area contributed by atoms with Gasteiger partial charge in [0.25, 0.3) is 0 Å². The fourth-order valence-corrected chi connectivity index (χ4v) is 3.57. The quantitative estimate of drug-likeness (QED) is 0.750. The SMILES string of the molecule is CCC(Oc1ncccn1)c1noc2cc(F)cc(C3CCNCC3)c12. The third kappa shape index (κ3) is 3.26. The minimum absolute atomic E-state index is 0.276. The summed E-state index contributed by atoms with van der Waals surface area (Å²) >= 11 is 0. The van der Waals surface area contributed by atoms with Crippen molar-refractivity contribution in [1.29, 1.82) is 0 Å². The van der Waals surface area contributed by atoms with E-state index in [0.717, 1.165) is 36.9 Å². The molecule has 1 aromatic carbocycles. The summed E-state index contributed by atoms with van der Waals surface area (Å²) in [6.07, 6.45) is 5.50. The van der Waals surface area contributed by atoms with Crippen LogP contribution in [0.2, 0.25) is 0 Å². The predicted molar refractivity (Wildman–Crippen MR) is 94.5 cm³/mol. The minimum atomic E-state index is -0.357. The van der Waals surface area contributed by atoms with Crippen LogP contribution in [0.4, 0.5) is 4.39 Å². The lowest BCUT2D eigenvalue weighted by Gasteiger charge is -2.24. The van der Waals surface area contributed by atoms with Crippen LogP contribution < -0.4 is 10.1 Å². The molecule has 0 spiro atoms. The third-order valence-electron chi connectivity index (χ3n) is 4.84. The first-order valence-corrected chi connectivity index (χ1v) is 8.99. The number of hydrogen-bond acceptors (Lipinski definition) is 6. The maximum atomic E-state index is 14.1. The Balaban J connectivity index is 1.76. The van der Waals surface area contributed by atoms with Gasteiger partial charge in [-0.3, -0.25) is 0 Å². The van der Waals surface area contributed by atoms with E-state index >= 15 is 0 Å². The highest BCUT2D eigenvalue weighted by Gasteiger charge is 2.27. The second kappa shape index (κ2) is 7.37. The monoisotopic (exact) mass is 356 g/mol. The summed E-state index contributed by atoms with van der Waals surface area (Å²) in [5.74, 6) is -0.0211. The summed E-state index contributed by atoms with van der Waals surface area (Å²) in [6, 6.07) is 5.03. The van der Waals surface area contributed by atoms with Gasteiger partial charge in [-0.15, -0.1) is 0 Å². The number of nitrogens with zero attached hydrogens (tertiary/aromatic N) is 3. The van der Waals surface area contributed by atoms with Crippen LogP contribution in [0.25, 0.3) is 11.0 Å². The normalized spacial score (nSPS) is 16.7. The van der Waals surface area contributed by atoms with Crippen LogP contribution >= 0.6 is 0 Å². The van der Waals surface area contributed by atoms with E-state index in [1.807, 2.05) is 6.92 Å². The molecule has 0 bridgehead atoms. The van der Waals surface area contributed by atoms with Crippen molar-refractivity contribution in [2.45, 2.75) is 38.2 Å². The van der Waals surface area contributed by atoms with Crippen LogP contribution in [0, 0.1) is 5.82 Å². The molecule has 4 rings (SSSR count). The topological polar surface area (TPSA) is 73.1 Å². The van der Waals surface area contributed by atoms with Gasteiger partial charge in [0, 0.05) is 18.5 Å². The van der Waals surface area contributed by atoms with Crippen molar-refractivity contribution in [2.24, 2.45) is 0 Å². The number of rotatable bonds is 5. The van der Waals surface area contributed by atoms with E-state index in [0.29, 0.717) is 23.7 Å². The number of fused-ring (bicyclic) bond motifs is 1. The number of halogens is 1. The maximum Gasteiger partial charge on any atom is 0.316 e. The van der Waals surface area contributed by atoms with Crippen molar-refractivity contribution >= 4 is 11.0 Å². The Labute approximate surface area is 150 Å². The van der Waals surface area contributed by atoms with Crippen LogP contribution in [0.3, 0.4) is 0 Å². The maximum absolute atomic E-state index is 14.1. The number of benzene rings is 1. The second-order valence-electron chi connectivity index (χ2n) is 6.51. The molecule has 3 heterocycles. The summed E-state index contributed by atoms with van der Waals surface area (Å²) in [5, 5.41) is 8.43.